The molecule has 1 amide bonds. The number of hydrogen-bond donors (Lipinski definition) is 0. The van der Waals surface area contributed by atoms with Crippen molar-refractivity contribution in [2.75, 3.05) is 17.7 Å². The highest BCUT2D eigenvalue weighted by atomic mass is 35.5. The molecule has 2 heterocycles. The largest absolute Gasteiger partial charge is 0.308 e. The molecule has 2 atom stereocenters. The zero-order chi connectivity index (χ0) is 17.0. The van der Waals surface area contributed by atoms with Crippen molar-refractivity contribution >= 4 is 35.0 Å². The van der Waals surface area contributed by atoms with Gasteiger partial charge in [0.25, 0.3) is 0 Å². The minimum absolute atomic E-state index is 0.0574. The van der Waals surface area contributed by atoms with Crippen molar-refractivity contribution in [1.29, 1.82) is 0 Å². The molecule has 0 saturated heterocycles. The zero-order valence-electron chi connectivity index (χ0n) is 13.7. The Kier molecular flexibility index (Phi) is 6.07. The minimum atomic E-state index is -0.0947. The number of anilines is 1. The van der Waals surface area contributed by atoms with Crippen molar-refractivity contribution in [2.24, 2.45) is 5.92 Å². The van der Waals surface area contributed by atoms with E-state index in [2.05, 4.69) is 17.0 Å². The van der Waals surface area contributed by atoms with Crippen molar-refractivity contribution in [3.63, 3.8) is 0 Å². The highest BCUT2D eigenvalue weighted by molar-refractivity contribution is 7.99. The molecule has 0 aliphatic rings. The van der Waals surface area contributed by atoms with Crippen LogP contribution in [-0.4, -0.2) is 38.7 Å². The van der Waals surface area contributed by atoms with Crippen LogP contribution in [0.1, 0.15) is 20.8 Å². The lowest BCUT2D eigenvalue weighted by Crippen LogP contribution is -2.38. The summed E-state index contributed by atoms with van der Waals surface area (Å²) in [6.07, 6.45) is 7.18. The van der Waals surface area contributed by atoms with Gasteiger partial charge in [-0.15, -0.1) is 0 Å². The molecular weight excluding hydrogens is 332 g/mol. The predicted molar refractivity (Wildman–Crippen MR) is 96.5 cm³/mol. The number of rotatable bonds is 6. The number of amides is 1. The smallest absolute Gasteiger partial charge is 0.231 e. The minimum Gasteiger partial charge on any atom is -0.308 e. The van der Waals surface area contributed by atoms with Gasteiger partial charge in [-0.3, -0.25) is 9.78 Å². The molecule has 2 aromatic rings. The van der Waals surface area contributed by atoms with Crippen molar-refractivity contribution < 1.29 is 4.79 Å². The fourth-order valence-electron chi connectivity index (χ4n) is 2.24. The van der Waals surface area contributed by atoms with Crippen molar-refractivity contribution in [3.05, 3.63) is 35.9 Å². The molecular formula is C16H21ClN4OS. The van der Waals surface area contributed by atoms with Crippen LogP contribution in [0.3, 0.4) is 0 Å². The lowest BCUT2D eigenvalue weighted by molar-refractivity contribution is -0.121. The SMILES string of the molecule is CCN(C(=O)C(C)C(C)SC)c1cn(-c2cccnc2)nc1Cl. The molecule has 2 unspecified atom stereocenters. The van der Waals surface area contributed by atoms with Gasteiger partial charge in [0.2, 0.25) is 5.91 Å². The highest BCUT2D eigenvalue weighted by Crippen LogP contribution is 2.28. The van der Waals surface area contributed by atoms with Crippen LogP contribution in [0.15, 0.2) is 30.7 Å². The molecule has 0 spiro atoms. The van der Waals surface area contributed by atoms with E-state index in [0.717, 1.165) is 5.69 Å². The van der Waals surface area contributed by atoms with E-state index in [1.807, 2.05) is 32.2 Å². The molecule has 0 N–H and O–H groups in total. The molecule has 0 aliphatic carbocycles. The number of nitrogens with zero attached hydrogens (tertiary/aromatic N) is 4. The van der Waals surface area contributed by atoms with Gasteiger partial charge in [-0.25, -0.2) is 4.68 Å². The van der Waals surface area contributed by atoms with E-state index in [0.29, 0.717) is 17.4 Å². The number of halogens is 1. The molecule has 0 radical (unpaired) electrons. The van der Waals surface area contributed by atoms with Gasteiger partial charge in [0.15, 0.2) is 5.15 Å². The summed E-state index contributed by atoms with van der Waals surface area (Å²) < 4.78 is 1.64. The van der Waals surface area contributed by atoms with Gasteiger partial charge in [-0.05, 0) is 25.3 Å². The molecule has 0 aromatic carbocycles. The molecule has 0 saturated carbocycles. The molecule has 0 aliphatic heterocycles. The number of thioether (sulfide) groups is 1. The fourth-order valence-corrected chi connectivity index (χ4v) is 3.00. The Labute approximate surface area is 146 Å². The summed E-state index contributed by atoms with van der Waals surface area (Å²) in [6.45, 7) is 6.49. The molecule has 2 aromatic heterocycles. The first-order valence-corrected chi connectivity index (χ1v) is 9.15. The second kappa shape index (κ2) is 7.84. The van der Waals surface area contributed by atoms with Gasteiger partial charge in [0.05, 0.1) is 18.1 Å². The number of carbonyl (C=O) groups excluding carboxylic acids is 1. The Morgan fingerprint density at radius 2 is 2.22 bits per heavy atom. The monoisotopic (exact) mass is 352 g/mol. The summed E-state index contributed by atoms with van der Waals surface area (Å²) in [5.74, 6) is -0.0373. The Hall–Kier alpha value is -1.53. The average Bonchev–Trinajstić information content (AvgIpc) is 2.96. The van der Waals surface area contributed by atoms with Gasteiger partial charge in [0, 0.05) is 23.9 Å². The lowest BCUT2D eigenvalue weighted by atomic mass is 10.1. The third-order valence-corrected chi connectivity index (χ3v) is 5.32. The number of hydrogen-bond acceptors (Lipinski definition) is 4. The maximum atomic E-state index is 12.8. The van der Waals surface area contributed by atoms with Crippen LogP contribution < -0.4 is 4.90 Å². The van der Waals surface area contributed by atoms with Crippen molar-refractivity contribution in [2.45, 2.75) is 26.0 Å². The Balaban J connectivity index is 2.32. The quantitative estimate of drug-likeness (QED) is 0.796. The van der Waals surface area contributed by atoms with E-state index >= 15 is 0 Å². The number of carbonyl (C=O) groups is 1. The second-order valence-electron chi connectivity index (χ2n) is 5.27. The van der Waals surface area contributed by atoms with Crippen LogP contribution in [-0.2, 0) is 4.79 Å². The first kappa shape index (κ1) is 17.8. The van der Waals surface area contributed by atoms with E-state index in [9.17, 15) is 4.79 Å². The third-order valence-electron chi connectivity index (χ3n) is 3.90. The van der Waals surface area contributed by atoms with Crippen LogP contribution >= 0.6 is 23.4 Å². The molecule has 2 rings (SSSR count). The Bertz CT molecular complexity index is 661. The maximum absolute atomic E-state index is 12.8. The van der Waals surface area contributed by atoms with Crippen LogP contribution in [0.4, 0.5) is 5.69 Å². The summed E-state index contributed by atoms with van der Waals surface area (Å²) in [4.78, 5) is 18.5. The Morgan fingerprint density at radius 3 is 2.78 bits per heavy atom. The third kappa shape index (κ3) is 3.87. The van der Waals surface area contributed by atoms with E-state index in [1.54, 1.807) is 39.9 Å². The van der Waals surface area contributed by atoms with Gasteiger partial charge in [-0.1, -0.05) is 25.4 Å². The molecule has 7 heteroatoms. The summed E-state index contributed by atoms with van der Waals surface area (Å²) >= 11 is 7.96. The van der Waals surface area contributed by atoms with E-state index < -0.39 is 0 Å². The molecule has 124 valence electrons. The van der Waals surface area contributed by atoms with E-state index in [4.69, 9.17) is 11.6 Å². The maximum Gasteiger partial charge on any atom is 0.231 e. The standard InChI is InChI=1S/C16H21ClN4OS/c1-5-20(16(22)11(2)12(3)23-4)14-10-21(19-15(14)17)13-7-6-8-18-9-13/h6-12H,5H2,1-4H3. The first-order valence-electron chi connectivity index (χ1n) is 7.49. The summed E-state index contributed by atoms with van der Waals surface area (Å²) in [7, 11) is 0. The Morgan fingerprint density at radius 1 is 1.48 bits per heavy atom. The highest BCUT2D eigenvalue weighted by Gasteiger charge is 2.27. The summed E-state index contributed by atoms with van der Waals surface area (Å²) in [6, 6.07) is 3.71. The normalized spacial score (nSPS) is 13.6. The first-order chi connectivity index (χ1) is 11.0. The number of aromatic nitrogens is 3. The van der Waals surface area contributed by atoms with Gasteiger partial charge < -0.3 is 4.90 Å². The molecule has 5 nitrogen and oxygen atoms in total. The second-order valence-corrected chi connectivity index (χ2v) is 6.85. The van der Waals surface area contributed by atoms with Crippen LogP contribution in [0, 0.1) is 5.92 Å². The lowest BCUT2D eigenvalue weighted by Gasteiger charge is -2.26. The molecule has 0 bridgehead atoms. The summed E-state index contributed by atoms with van der Waals surface area (Å²) in [5.41, 5.74) is 1.43. The van der Waals surface area contributed by atoms with Crippen LogP contribution in [0.25, 0.3) is 5.69 Å². The van der Waals surface area contributed by atoms with Crippen molar-refractivity contribution in [3.8, 4) is 5.69 Å². The van der Waals surface area contributed by atoms with Crippen LogP contribution in [0.2, 0.25) is 5.15 Å². The average molecular weight is 353 g/mol. The number of pyridine rings is 1. The molecule has 23 heavy (non-hydrogen) atoms. The van der Waals surface area contributed by atoms with Gasteiger partial charge in [-0.2, -0.15) is 16.9 Å². The van der Waals surface area contributed by atoms with Crippen molar-refractivity contribution in [1.82, 2.24) is 14.8 Å². The van der Waals surface area contributed by atoms with E-state index in [-0.39, 0.29) is 17.1 Å². The zero-order valence-corrected chi connectivity index (χ0v) is 15.3. The predicted octanol–water partition coefficient (Wildman–Crippen LogP) is 3.66. The molecule has 0 fully saturated rings. The van der Waals surface area contributed by atoms with Crippen LogP contribution in [0.5, 0.6) is 0 Å². The summed E-state index contributed by atoms with van der Waals surface area (Å²) in [5, 5.41) is 4.85. The van der Waals surface area contributed by atoms with E-state index in [1.165, 1.54) is 0 Å². The topological polar surface area (TPSA) is 51.0 Å². The van der Waals surface area contributed by atoms with Gasteiger partial charge in [0.1, 0.15) is 5.69 Å². The van der Waals surface area contributed by atoms with Gasteiger partial charge >= 0.3 is 0 Å². The fraction of sp³-hybridized carbons (Fsp3) is 0.438.